The number of carbonyl (C=O) groups is 1. The van der Waals surface area contributed by atoms with E-state index in [2.05, 4.69) is 15.9 Å². The number of hydrogen-bond acceptors (Lipinski definition) is 4. The van der Waals surface area contributed by atoms with Crippen molar-refractivity contribution in [2.75, 3.05) is 5.73 Å². The fourth-order valence-electron chi connectivity index (χ4n) is 1.59. The van der Waals surface area contributed by atoms with E-state index < -0.39 is 11.4 Å². The highest BCUT2D eigenvalue weighted by Crippen LogP contribution is 2.37. The zero-order chi connectivity index (χ0) is 16.4. The summed E-state index contributed by atoms with van der Waals surface area (Å²) in [5.41, 5.74) is 5.12. The van der Waals surface area contributed by atoms with Crippen LogP contribution in [0, 0.1) is 11.7 Å². The average Bonchev–Trinajstić information content (AvgIpc) is 2.29. The number of esters is 1. The van der Waals surface area contributed by atoms with Gasteiger partial charge in [0, 0.05) is 9.37 Å². The number of hydrogen-bond donors (Lipinski definition) is 1. The summed E-state index contributed by atoms with van der Waals surface area (Å²) >= 11 is 4.63. The van der Waals surface area contributed by atoms with Gasteiger partial charge in [-0.05, 0) is 54.8 Å². The van der Waals surface area contributed by atoms with Gasteiger partial charge in [-0.25, -0.2) is 4.39 Å². The van der Waals surface area contributed by atoms with E-state index in [1.165, 1.54) is 23.9 Å². The molecule has 0 aliphatic heterocycles. The van der Waals surface area contributed by atoms with Gasteiger partial charge in [-0.15, -0.1) is 11.8 Å². The molecule has 0 saturated heterocycles. The molecule has 0 spiro atoms. The van der Waals surface area contributed by atoms with Gasteiger partial charge in [0.05, 0.1) is 5.69 Å². The second kappa shape index (κ2) is 7.01. The van der Waals surface area contributed by atoms with E-state index >= 15 is 0 Å². The van der Waals surface area contributed by atoms with Gasteiger partial charge in [-0.2, -0.15) is 0 Å². The molecule has 21 heavy (non-hydrogen) atoms. The predicted octanol–water partition coefficient (Wildman–Crippen LogP) is 4.63. The molecule has 1 rings (SSSR count). The van der Waals surface area contributed by atoms with Crippen LogP contribution in [0.4, 0.5) is 10.1 Å². The molecule has 1 atom stereocenters. The maximum atomic E-state index is 13.4. The Bertz CT molecular complexity index is 529. The van der Waals surface area contributed by atoms with E-state index in [-0.39, 0.29) is 22.8 Å². The molecule has 0 radical (unpaired) electrons. The molecule has 1 aromatic carbocycles. The Hall–Kier alpha value is -0.750. The first-order chi connectivity index (χ1) is 9.51. The SMILES string of the molecule is CC(C)C(Sc1cc(N)c(F)cc1Br)C(=O)OC(C)(C)C. The normalized spacial score (nSPS) is 13.3. The number of rotatable bonds is 4. The molecular formula is C15H21BrFNO2S. The third-order valence-electron chi connectivity index (χ3n) is 2.55. The summed E-state index contributed by atoms with van der Waals surface area (Å²) in [5.74, 6) is -0.690. The fraction of sp³-hybridized carbons (Fsp3) is 0.533. The average molecular weight is 378 g/mol. The number of thioether (sulfide) groups is 1. The minimum Gasteiger partial charge on any atom is -0.459 e. The van der Waals surface area contributed by atoms with Crippen molar-refractivity contribution in [1.82, 2.24) is 0 Å². The van der Waals surface area contributed by atoms with Crippen molar-refractivity contribution >= 4 is 39.3 Å². The zero-order valence-electron chi connectivity index (χ0n) is 12.9. The summed E-state index contributed by atoms with van der Waals surface area (Å²) in [7, 11) is 0. The molecule has 0 heterocycles. The number of ether oxygens (including phenoxy) is 1. The third-order valence-corrected chi connectivity index (χ3v) is 5.05. The highest BCUT2D eigenvalue weighted by Gasteiger charge is 2.29. The number of anilines is 1. The lowest BCUT2D eigenvalue weighted by Gasteiger charge is -2.26. The minimum absolute atomic E-state index is 0.0624. The molecule has 0 aliphatic carbocycles. The van der Waals surface area contributed by atoms with Crippen LogP contribution in [0.25, 0.3) is 0 Å². The van der Waals surface area contributed by atoms with Gasteiger partial charge in [0.1, 0.15) is 16.7 Å². The molecule has 0 fully saturated rings. The first kappa shape index (κ1) is 18.3. The van der Waals surface area contributed by atoms with Gasteiger partial charge in [0.15, 0.2) is 0 Å². The third kappa shape index (κ3) is 5.51. The van der Waals surface area contributed by atoms with E-state index in [0.29, 0.717) is 4.47 Å². The zero-order valence-corrected chi connectivity index (χ0v) is 15.3. The molecule has 118 valence electrons. The summed E-state index contributed by atoms with van der Waals surface area (Å²) in [6.45, 7) is 9.39. The van der Waals surface area contributed by atoms with Crippen LogP contribution < -0.4 is 5.73 Å². The van der Waals surface area contributed by atoms with Crippen molar-refractivity contribution < 1.29 is 13.9 Å². The van der Waals surface area contributed by atoms with Gasteiger partial charge < -0.3 is 10.5 Å². The maximum Gasteiger partial charge on any atom is 0.320 e. The highest BCUT2D eigenvalue weighted by atomic mass is 79.9. The Kier molecular flexibility index (Phi) is 6.11. The molecular weight excluding hydrogens is 357 g/mol. The van der Waals surface area contributed by atoms with Gasteiger partial charge in [-0.1, -0.05) is 13.8 Å². The summed E-state index contributed by atoms with van der Waals surface area (Å²) in [6.07, 6.45) is 0. The maximum absolute atomic E-state index is 13.4. The van der Waals surface area contributed by atoms with E-state index in [0.717, 1.165) is 4.90 Å². The van der Waals surface area contributed by atoms with Crippen LogP contribution in [0.15, 0.2) is 21.5 Å². The van der Waals surface area contributed by atoms with Crippen molar-refractivity contribution in [3.05, 3.63) is 22.4 Å². The number of halogens is 2. The van der Waals surface area contributed by atoms with Gasteiger partial charge >= 0.3 is 5.97 Å². The molecule has 0 aliphatic rings. The van der Waals surface area contributed by atoms with E-state index in [9.17, 15) is 9.18 Å². The Morgan fingerprint density at radius 2 is 1.95 bits per heavy atom. The van der Waals surface area contributed by atoms with Crippen LogP contribution in [-0.2, 0) is 9.53 Å². The Labute approximate surface area is 137 Å². The van der Waals surface area contributed by atoms with Crippen molar-refractivity contribution in [2.45, 2.75) is 50.4 Å². The van der Waals surface area contributed by atoms with Crippen molar-refractivity contribution in [3.63, 3.8) is 0 Å². The lowest BCUT2D eigenvalue weighted by atomic mass is 10.1. The number of carbonyl (C=O) groups excluding carboxylic acids is 1. The van der Waals surface area contributed by atoms with Crippen LogP contribution in [-0.4, -0.2) is 16.8 Å². The first-order valence-corrected chi connectivity index (χ1v) is 8.32. The van der Waals surface area contributed by atoms with Crippen LogP contribution in [0.5, 0.6) is 0 Å². The molecule has 6 heteroatoms. The number of nitrogen functional groups attached to an aromatic ring is 1. The quantitative estimate of drug-likeness (QED) is 0.472. The van der Waals surface area contributed by atoms with Crippen LogP contribution in [0.1, 0.15) is 34.6 Å². The van der Waals surface area contributed by atoms with E-state index in [1.807, 2.05) is 34.6 Å². The van der Waals surface area contributed by atoms with Crippen molar-refractivity contribution in [3.8, 4) is 0 Å². The van der Waals surface area contributed by atoms with Crippen LogP contribution >= 0.6 is 27.7 Å². The van der Waals surface area contributed by atoms with Crippen molar-refractivity contribution in [1.29, 1.82) is 0 Å². The van der Waals surface area contributed by atoms with Crippen LogP contribution in [0.3, 0.4) is 0 Å². The summed E-state index contributed by atoms with van der Waals surface area (Å²) in [4.78, 5) is 13.0. The predicted molar refractivity (Wildman–Crippen MR) is 88.8 cm³/mol. The summed E-state index contributed by atoms with van der Waals surface area (Å²) in [6, 6.07) is 2.84. The van der Waals surface area contributed by atoms with Gasteiger partial charge in [0.2, 0.25) is 0 Å². The molecule has 2 N–H and O–H groups in total. The second-order valence-corrected chi connectivity index (χ2v) is 8.16. The van der Waals surface area contributed by atoms with Gasteiger partial charge in [0.25, 0.3) is 0 Å². The largest absolute Gasteiger partial charge is 0.459 e. The summed E-state index contributed by atoms with van der Waals surface area (Å²) in [5, 5.41) is -0.384. The smallest absolute Gasteiger partial charge is 0.320 e. The first-order valence-electron chi connectivity index (χ1n) is 6.65. The monoisotopic (exact) mass is 377 g/mol. The van der Waals surface area contributed by atoms with Gasteiger partial charge in [-0.3, -0.25) is 4.79 Å². The topological polar surface area (TPSA) is 52.3 Å². The highest BCUT2D eigenvalue weighted by molar-refractivity contribution is 9.10. The number of nitrogens with two attached hydrogens (primary N) is 1. The molecule has 0 saturated carbocycles. The lowest BCUT2D eigenvalue weighted by Crippen LogP contribution is -2.32. The molecule has 0 bridgehead atoms. The standard InChI is InChI=1S/C15H21BrFNO2S/c1-8(2)13(14(19)20-15(3,4)5)21-12-7-11(18)10(17)6-9(12)16/h6-8,13H,18H2,1-5H3. The van der Waals surface area contributed by atoms with Crippen molar-refractivity contribution in [2.24, 2.45) is 5.92 Å². The molecule has 1 unspecified atom stereocenters. The molecule has 0 aromatic heterocycles. The van der Waals surface area contributed by atoms with E-state index in [4.69, 9.17) is 10.5 Å². The minimum atomic E-state index is -0.538. The Morgan fingerprint density at radius 3 is 2.43 bits per heavy atom. The lowest BCUT2D eigenvalue weighted by molar-refractivity contribution is -0.154. The fourth-order valence-corrected chi connectivity index (χ4v) is 3.24. The molecule has 3 nitrogen and oxygen atoms in total. The van der Waals surface area contributed by atoms with E-state index in [1.54, 1.807) is 0 Å². The second-order valence-electron chi connectivity index (χ2n) is 6.12. The molecule has 1 aromatic rings. The number of benzene rings is 1. The Morgan fingerprint density at radius 1 is 1.38 bits per heavy atom. The summed E-state index contributed by atoms with van der Waals surface area (Å²) < 4.78 is 19.4. The molecule has 0 amide bonds. The Balaban J connectivity index is 2.99. The van der Waals surface area contributed by atoms with Crippen LogP contribution in [0.2, 0.25) is 0 Å².